The van der Waals surface area contributed by atoms with Gasteiger partial charge in [0.05, 0.1) is 23.9 Å². The van der Waals surface area contributed by atoms with Crippen LogP contribution in [0.25, 0.3) is 11.3 Å². The molecule has 0 saturated heterocycles. The molecule has 6 N–H and O–H groups in total. The smallest absolute Gasteiger partial charge is 0.356 e. The second kappa shape index (κ2) is 15.2. The number of ether oxygens (including phenoxy) is 1. The van der Waals surface area contributed by atoms with Crippen LogP contribution >= 0.6 is 7.60 Å². The monoisotopic (exact) mass is 583 g/mol. The zero-order valence-corrected chi connectivity index (χ0v) is 23.0. The fraction of sp³-hybridized carbons (Fsp3) is 0.440. The number of carboxylic acid groups (broad SMARTS) is 1. The van der Waals surface area contributed by atoms with Crippen LogP contribution in [0, 0.1) is 5.92 Å². The quantitative estimate of drug-likeness (QED) is 0.0394. The maximum atomic E-state index is 12.9. The minimum Gasteiger partial charge on any atom is -0.482 e. The van der Waals surface area contributed by atoms with Crippen molar-refractivity contribution in [2.45, 2.75) is 52.0 Å². The lowest BCUT2D eigenvalue weighted by Gasteiger charge is -2.29. The summed E-state index contributed by atoms with van der Waals surface area (Å²) in [7, 11) is -4.74. The fourth-order valence-corrected chi connectivity index (χ4v) is 4.62. The number of benzene rings is 1. The zero-order valence-electron chi connectivity index (χ0n) is 22.1. The molecule has 0 radical (unpaired) electrons. The highest BCUT2D eigenvalue weighted by molar-refractivity contribution is 7.60. The molecule has 2 unspecified atom stereocenters. The highest BCUT2D eigenvalue weighted by Gasteiger charge is 2.30. The van der Waals surface area contributed by atoms with Crippen molar-refractivity contribution in [2.24, 2.45) is 5.92 Å². The molecule has 40 heavy (non-hydrogen) atoms. The third-order valence-corrected chi connectivity index (χ3v) is 6.93. The molecule has 2 rings (SSSR count). The van der Waals surface area contributed by atoms with E-state index in [2.05, 4.69) is 10.6 Å². The SMILES string of the molecule is CCCCCC(C(=O)NCNC(=O)c1ccc(-c2cc(OCC(=O)O)cc(P(=O)(O)O)c2)o1)C(CC)N(O)C=O. The molecule has 0 aliphatic heterocycles. The first-order valence-electron chi connectivity index (χ1n) is 12.6. The highest BCUT2D eigenvalue weighted by atomic mass is 31.2. The second-order valence-electron chi connectivity index (χ2n) is 8.89. The van der Waals surface area contributed by atoms with Gasteiger partial charge in [0.1, 0.15) is 11.5 Å². The average Bonchev–Trinajstić information content (AvgIpc) is 3.41. The number of carbonyl (C=O) groups excluding carboxylic acids is 3. The van der Waals surface area contributed by atoms with Crippen LogP contribution in [0.5, 0.6) is 5.75 Å². The van der Waals surface area contributed by atoms with Crippen molar-refractivity contribution in [3.8, 4) is 17.1 Å². The van der Waals surface area contributed by atoms with Gasteiger partial charge in [-0.05, 0) is 43.2 Å². The van der Waals surface area contributed by atoms with Crippen LogP contribution in [0.15, 0.2) is 34.7 Å². The molecule has 1 aromatic carbocycles. The number of nitrogens with one attached hydrogen (secondary N) is 2. The Morgan fingerprint density at radius 2 is 1.85 bits per heavy atom. The summed E-state index contributed by atoms with van der Waals surface area (Å²) >= 11 is 0. The van der Waals surface area contributed by atoms with E-state index in [4.69, 9.17) is 14.3 Å². The molecular weight excluding hydrogens is 549 g/mol. The summed E-state index contributed by atoms with van der Waals surface area (Å²) in [5.74, 6) is -3.40. The fourth-order valence-electron chi connectivity index (χ4n) is 4.01. The number of hydrogen-bond donors (Lipinski definition) is 6. The summed E-state index contributed by atoms with van der Waals surface area (Å²) in [6.07, 6.45) is 3.53. The Labute approximate surface area is 230 Å². The number of unbranched alkanes of at least 4 members (excludes halogenated alkanes) is 2. The molecule has 1 aromatic heterocycles. The first-order chi connectivity index (χ1) is 18.9. The van der Waals surface area contributed by atoms with E-state index in [0.717, 1.165) is 25.0 Å². The first-order valence-corrected chi connectivity index (χ1v) is 14.2. The Bertz CT molecular complexity index is 1230. The molecule has 0 fully saturated rings. The summed E-state index contributed by atoms with van der Waals surface area (Å²) < 4.78 is 22.4. The van der Waals surface area contributed by atoms with Crippen LogP contribution in [-0.2, 0) is 18.9 Å². The van der Waals surface area contributed by atoms with Gasteiger partial charge in [0.25, 0.3) is 5.91 Å². The topological polar surface area (TPSA) is 216 Å². The number of rotatable bonds is 17. The van der Waals surface area contributed by atoms with Gasteiger partial charge in [-0.3, -0.25) is 24.2 Å². The number of nitrogens with zero attached hydrogens (tertiary/aromatic N) is 1. The predicted octanol–water partition coefficient (Wildman–Crippen LogP) is 1.84. The van der Waals surface area contributed by atoms with Gasteiger partial charge in [0.15, 0.2) is 12.4 Å². The van der Waals surface area contributed by atoms with Crippen molar-refractivity contribution < 1.29 is 53.0 Å². The maximum absolute atomic E-state index is 12.9. The van der Waals surface area contributed by atoms with E-state index in [1.807, 2.05) is 6.92 Å². The molecule has 0 aliphatic carbocycles. The number of carboxylic acids is 1. The van der Waals surface area contributed by atoms with Crippen LogP contribution in [0.3, 0.4) is 0 Å². The van der Waals surface area contributed by atoms with Gasteiger partial charge in [-0.1, -0.05) is 33.1 Å². The third-order valence-electron chi connectivity index (χ3n) is 6.00. The Kier molecular flexibility index (Phi) is 12.3. The zero-order chi connectivity index (χ0) is 29.9. The van der Waals surface area contributed by atoms with E-state index < -0.39 is 49.3 Å². The van der Waals surface area contributed by atoms with E-state index in [1.54, 1.807) is 6.92 Å². The highest BCUT2D eigenvalue weighted by Crippen LogP contribution is 2.37. The van der Waals surface area contributed by atoms with Crippen LogP contribution in [0.1, 0.15) is 56.5 Å². The lowest BCUT2D eigenvalue weighted by atomic mass is 9.90. The Hall–Kier alpha value is -3.71. The van der Waals surface area contributed by atoms with E-state index in [-0.39, 0.29) is 35.9 Å². The standard InChI is InChI=1S/C25H34N3O11P/c1-3-5-6-7-19(20(4-2)28(34)15-29)24(32)26-14-27-25(33)22-9-8-21(39-22)16-10-17(38-13-23(30)31)12-18(11-16)40(35,36)37/h8-12,15,19-20,34H,3-7,13-14H2,1-2H3,(H,26,32)(H,27,33)(H,30,31)(H2,35,36,37). The van der Waals surface area contributed by atoms with Crippen molar-refractivity contribution in [1.82, 2.24) is 15.7 Å². The summed E-state index contributed by atoms with van der Waals surface area (Å²) in [5, 5.41) is 23.8. The number of hydroxylamine groups is 2. The van der Waals surface area contributed by atoms with E-state index in [1.165, 1.54) is 18.2 Å². The summed E-state index contributed by atoms with van der Waals surface area (Å²) in [4.78, 5) is 66.5. The number of aliphatic carboxylic acids is 1. The van der Waals surface area contributed by atoms with Crippen molar-refractivity contribution in [3.63, 3.8) is 0 Å². The molecule has 0 bridgehead atoms. The molecule has 2 aromatic rings. The molecule has 0 spiro atoms. The second-order valence-corrected chi connectivity index (χ2v) is 10.5. The number of carbonyl (C=O) groups is 4. The molecule has 220 valence electrons. The van der Waals surface area contributed by atoms with Gasteiger partial charge in [-0.25, -0.2) is 9.86 Å². The van der Waals surface area contributed by atoms with Gasteiger partial charge in [-0.15, -0.1) is 0 Å². The van der Waals surface area contributed by atoms with Gasteiger partial charge < -0.3 is 34.7 Å². The molecule has 3 amide bonds. The van der Waals surface area contributed by atoms with Crippen molar-refractivity contribution in [3.05, 3.63) is 36.1 Å². The molecule has 14 nitrogen and oxygen atoms in total. The molecule has 2 atom stereocenters. The Morgan fingerprint density at radius 3 is 2.45 bits per heavy atom. The van der Waals surface area contributed by atoms with Gasteiger partial charge in [0.2, 0.25) is 12.3 Å². The van der Waals surface area contributed by atoms with Crippen LogP contribution in [-0.4, -0.2) is 68.7 Å². The molecule has 1 heterocycles. The molecule has 0 aliphatic rings. The van der Waals surface area contributed by atoms with Gasteiger partial charge in [0, 0.05) is 5.56 Å². The van der Waals surface area contributed by atoms with Gasteiger partial charge >= 0.3 is 13.6 Å². The van der Waals surface area contributed by atoms with Crippen molar-refractivity contribution >= 4 is 37.1 Å². The third kappa shape index (κ3) is 9.49. The summed E-state index contributed by atoms with van der Waals surface area (Å²) in [5.41, 5.74) is 0.123. The Balaban J connectivity index is 2.11. The van der Waals surface area contributed by atoms with E-state index in [0.29, 0.717) is 24.3 Å². The number of hydrogen-bond acceptors (Lipinski definition) is 8. The summed E-state index contributed by atoms with van der Waals surface area (Å²) in [6, 6.07) is 5.39. The van der Waals surface area contributed by atoms with E-state index >= 15 is 0 Å². The van der Waals surface area contributed by atoms with E-state index in [9.17, 15) is 38.7 Å². The van der Waals surface area contributed by atoms with Crippen LogP contribution in [0.4, 0.5) is 0 Å². The number of amides is 3. The Morgan fingerprint density at radius 1 is 1.12 bits per heavy atom. The lowest BCUT2D eigenvalue weighted by molar-refractivity contribution is -0.168. The average molecular weight is 584 g/mol. The largest absolute Gasteiger partial charge is 0.482 e. The predicted molar refractivity (Wildman–Crippen MR) is 141 cm³/mol. The summed E-state index contributed by atoms with van der Waals surface area (Å²) in [6.45, 7) is 2.73. The molecule has 15 heteroatoms. The first kappa shape index (κ1) is 32.5. The minimum atomic E-state index is -4.74. The maximum Gasteiger partial charge on any atom is 0.356 e. The van der Waals surface area contributed by atoms with Gasteiger partial charge in [-0.2, -0.15) is 0 Å². The normalized spacial score (nSPS) is 12.7. The lowest BCUT2D eigenvalue weighted by Crippen LogP contribution is -2.47. The van der Waals surface area contributed by atoms with Crippen molar-refractivity contribution in [2.75, 3.05) is 13.3 Å². The minimum absolute atomic E-state index is 0.0448. The molecular formula is C25H34N3O11P. The van der Waals surface area contributed by atoms with Crippen LogP contribution < -0.4 is 20.7 Å². The number of furan rings is 1. The van der Waals surface area contributed by atoms with Crippen LogP contribution in [0.2, 0.25) is 0 Å². The van der Waals surface area contributed by atoms with Crippen molar-refractivity contribution in [1.29, 1.82) is 0 Å². The molecule has 0 saturated carbocycles.